The molecule has 0 saturated carbocycles. The molecule has 2 aromatic carbocycles. The van der Waals surface area contributed by atoms with Crippen LogP contribution in [0.1, 0.15) is 12.0 Å². The number of amidine groups is 1. The van der Waals surface area contributed by atoms with E-state index in [1.807, 2.05) is 13.0 Å². The third-order valence-corrected chi connectivity index (χ3v) is 4.65. The van der Waals surface area contributed by atoms with Crippen molar-refractivity contribution in [3.63, 3.8) is 0 Å². The van der Waals surface area contributed by atoms with Gasteiger partial charge in [-0.25, -0.2) is 13.8 Å². The number of rotatable bonds is 4. The molecule has 2 N–H and O–H groups in total. The lowest BCUT2D eigenvalue weighted by molar-refractivity contribution is 0.380. The second kappa shape index (κ2) is 8.20. The van der Waals surface area contributed by atoms with Crippen LogP contribution in [0.15, 0.2) is 59.7 Å². The predicted octanol–water partition coefficient (Wildman–Crippen LogP) is 3.99. The van der Waals surface area contributed by atoms with Crippen molar-refractivity contribution in [2.45, 2.75) is 13.3 Å². The molecule has 142 valence electrons. The molecule has 4 nitrogen and oxygen atoms in total. The molecule has 1 fully saturated rings. The van der Waals surface area contributed by atoms with E-state index in [-0.39, 0.29) is 11.6 Å². The van der Waals surface area contributed by atoms with Gasteiger partial charge in [0.25, 0.3) is 0 Å². The monoisotopic (exact) mass is 370 g/mol. The first-order valence-corrected chi connectivity index (χ1v) is 8.95. The van der Waals surface area contributed by atoms with E-state index in [9.17, 15) is 8.78 Å². The lowest BCUT2D eigenvalue weighted by Crippen LogP contribution is -2.49. The van der Waals surface area contributed by atoms with Gasteiger partial charge in [0.15, 0.2) is 0 Å². The van der Waals surface area contributed by atoms with Crippen LogP contribution in [-0.4, -0.2) is 36.9 Å². The minimum Gasteiger partial charge on any atom is -0.402 e. The zero-order chi connectivity index (χ0) is 19.4. The number of nitrogens with two attached hydrogens (primary N) is 1. The highest BCUT2D eigenvalue weighted by Crippen LogP contribution is 2.24. The van der Waals surface area contributed by atoms with Crippen molar-refractivity contribution in [1.82, 2.24) is 4.90 Å². The van der Waals surface area contributed by atoms with Gasteiger partial charge in [0.1, 0.15) is 23.2 Å². The van der Waals surface area contributed by atoms with E-state index < -0.39 is 0 Å². The van der Waals surface area contributed by atoms with Crippen LogP contribution in [0.5, 0.6) is 0 Å². The fraction of sp³-hybridized carbons (Fsp3) is 0.286. The Morgan fingerprint density at radius 3 is 2.33 bits per heavy atom. The number of hydrogen-bond donors (Lipinski definition) is 1. The molecule has 0 atom stereocenters. The topological polar surface area (TPSA) is 44.9 Å². The molecule has 27 heavy (non-hydrogen) atoms. The van der Waals surface area contributed by atoms with Gasteiger partial charge in [0, 0.05) is 44.0 Å². The summed E-state index contributed by atoms with van der Waals surface area (Å²) in [5, 5.41) is 0. The summed E-state index contributed by atoms with van der Waals surface area (Å²) in [6, 6.07) is 11.4. The van der Waals surface area contributed by atoms with Gasteiger partial charge >= 0.3 is 0 Å². The van der Waals surface area contributed by atoms with E-state index in [2.05, 4.69) is 21.4 Å². The molecule has 0 bridgehead atoms. The normalized spacial score (nSPS) is 15.1. The number of nitrogens with zero attached hydrogens (tertiary/aromatic N) is 3. The summed E-state index contributed by atoms with van der Waals surface area (Å²) in [6.07, 6.45) is 0.393. The maximum Gasteiger partial charge on any atom is 0.149 e. The molecular weight excluding hydrogens is 346 g/mol. The molecule has 2 aromatic rings. The lowest BCUT2D eigenvalue weighted by Gasteiger charge is -2.38. The number of benzene rings is 2. The summed E-state index contributed by atoms with van der Waals surface area (Å²) in [5.74, 6) is 0.128. The maximum atomic E-state index is 14.2. The van der Waals surface area contributed by atoms with Crippen molar-refractivity contribution in [2.75, 3.05) is 31.1 Å². The van der Waals surface area contributed by atoms with Crippen LogP contribution in [0.3, 0.4) is 0 Å². The summed E-state index contributed by atoms with van der Waals surface area (Å²) < 4.78 is 27.3. The molecule has 0 aliphatic carbocycles. The van der Waals surface area contributed by atoms with E-state index >= 15 is 0 Å². The molecular formula is C21H24F2N4. The molecule has 0 aromatic heterocycles. The zero-order valence-electron chi connectivity index (χ0n) is 15.5. The van der Waals surface area contributed by atoms with E-state index in [1.54, 1.807) is 18.2 Å². The van der Waals surface area contributed by atoms with Crippen LogP contribution >= 0.6 is 0 Å². The number of aryl methyl sites for hydroxylation is 1. The van der Waals surface area contributed by atoms with Gasteiger partial charge < -0.3 is 15.5 Å². The maximum absolute atomic E-state index is 14.2. The smallest absolute Gasteiger partial charge is 0.149 e. The van der Waals surface area contributed by atoms with Crippen molar-refractivity contribution in [3.8, 4) is 0 Å². The number of hydrogen-bond acceptors (Lipinski definition) is 3. The van der Waals surface area contributed by atoms with Crippen LogP contribution in [0.4, 0.5) is 20.2 Å². The third-order valence-electron chi connectivity index (χ3n) is 4.65. The molecule has 3 rings (SSSR count). The summed E-state index contributed by atoms with van der Waals surface area (Å²) in [6.45, 7) is 8.58. The Balaban J connectivity index is 1.78. The fourth-order valence-corrected chi connectivity index (χ4v) is 3.19. The SMILES string of the molecule is C=C(N)C/C(=N\c1c(C)cccc1F)N1CCN(c2ccc(F)cc2)CC1. The average molecular weight is 370 g/mol. The number of anilines is 1. The Labute approximate surface area is 158 Å². The molecule has 1 heterocycles. The van der Waals surface area contributed by atoms with Gasteiger partial charge in [-0.2, -0.15) is 0 Å². The molecule has 0 spiro atoms. The first-order valence-electron chi connectivity index (χ1n) is 8.95. The second-order valence-corrected chi connectivity index (χ2v) is 6.72. The summed E-state index contributed by atoms with van der Waals surface area (Å²) in [7, 11) is 0. The van der Waals surface area contributed by atoms with Crippen molar-refractivity contribution >= 4 is 17.2 Å². The summed E-state index contributed by atoms with van der Waals surface area (Å²) in [5.41, 5.74) is 8.42. The van der Waals surface area contributed by atoms with Gasteiger partial charge in [-0.05, 0) is 42.8 Å². The van der Waals surface area contributed by atoms with Gasteiger partial charge in [-0.3, -0.25) is 0 Å². The molecule has 0 radical (unpaired) electrons. The quantitative estimate of drug-likeness (QED) is 0.654. The highest BCUT2D eigenvalue weighted by Gasteiger charge is 2.21. The predicted molar refractivity (Wildman–Crippen MR) is 106 cm³/mol. The fourth-order valence-electron chi connectivity index (χ4n) is 3.19. The van der Waals surface area contributed by atoms with Crippen molar-refractivity contribution in [1.29, 1.82) is 0 Å². The van der Waals surface area contributed by atoms with Crippen LogP contribution in [0.2, 0.25) is 0 Å². The van der Waals surface area contributed by atoms with Crippen molar-refractivity contribution < 1.29 is 8.78 Å². The Morgan fingerprint density at radius 2 is 1.74 bits per heavy atom. The van der Waals surface area contributed by atoms with Crippen LogP contribution < -0.4 is 10.6 Å². The van der Waals surface area contributed by atoms with Crippen LogP contribution in [-0.2, 0) is 0 Å². The van der Waals surface area contributed by atoms with Gasteiger partial charge in [-0.15, -0.1) is 0 Å². The third kappa shape index (κ3) is 4.64. The Bertz CT molecular complexity index is 818. The van der Waals surface area contributed by atoms with Crippen molar-refractivity contribution in [2.24, 2.45) is 10.7 Å². The Morgan fingerprint density at radius 1 is 1.07 bits per heavy atom. The van der Waals surface area contributed by atoms with Crippen molar-refractivity contribution in [3.05, 3.63) is 71.9 Å². The van der Waals surface area contributed by atoms with E-state index in [0.29, 0.717) is 17.8 Å². The van der Waals surface area contributed by atoms with E-state index in [4.69, 9.17) is 5.73 Å². The van der Waals surface area contributed by atoms with Crippen LogP contribution in [0, 0.1) is 18.6 Å². The van der Waals surface area contributed by atoms with Gasteiger partial charge in [-0.1, -0.05) is 18.7 Å². The highest BCUT2D eigenvalue weighted by molar-refractivity contribution is 5.87. The molecule has 1 saturated heterocycles. The summed E-state index contributed by atoms with van der Waals surface area (Å²) in [4.78, 5) is 8.90. The molecule has 1 aliphatic heterocycles. The number of piperazine rings is 1. The lowest BCUT2D eigenvalue weighted by atomic mass is 10.2. The molecule has 1 aliphatic rings. The van der Waals surface area contributed by atoms with E-state index in [0.717, 1.165) is 43.3 Å². The molecule has 0 unspecified atom stereocenters. The minimum absolute atomic E-state index is 0.242. The highest BCUT2D eigenvalue weighted by atomic mass is 19.1. The number of para-hydroxylation sites is 1. The minimum atomic E-state index is -0.347. The first-order chi connectivity index (χ1) is 12.9. The Kier molecular flexibility index (Phi) is 5.74. The molecule has 6 heteroatoms. The zero-order valence-corrected chi connectivity index (χ0v) is 15.5. The van der Waals surface area contributed by atoms with Crippen LogP contribution in [0.25, 0.3) is 0 Å². The number of aliphatic imine (C=N–C) groups is 1. The van der Waals surface area contributed by atoms with Gasteiger partial charge in [0.05, 0.1) is 0 Å². The Hall–Kier alpha value is -2.89. The van der Waals surface area contributed by atoms with E-state index in [1.165, 1.54) is 18.2 Å². The standard InChI is InChI=1S/C21H24F2N4/c1-15-4-3-5-19(23)21(15)25-20(14-16(2)24)27-12-10-26(11-13-27)18-8-6-17(22)7-9-18/h3-9H,2,10-14,24H2,1H3/b25-20+. The molecule has 0 amide bonds. The first kappa shape index (κ1) is 18.9. The number of halogens is 2. The summed E-state index contributed by atoms with van der Waals surface area (Å²) >= 11 is 0. The van der Waals surface area contributed by atoms with Gasteiger partial charge in [0.2, 0.25) is 0 Å². The average Bonchev–Trinajstić information content (AvgIpc) is 2.64. The largest absolute Gasteiger partial charge is 0.402 e. The second-order valence-electron chi connectivity index (χ2n) is 6.72.